The van der Waals surface area contributed by atoms with E-state index in [9.17, 15) is 9.18 Å². The van der Waals surface area contributed by atoms with Gasteiger partial charge in [0.1, 0.15) is 10.4 Å². The number of primary amides is 1. The van der Waals surface area contributed by atoms with Crippen molar-refractivity contribution in [2.75, 3.05) is 5.32 Å². The average Bonchev–Trinajstić information content (AvgIpc) is 2.34. The van der Waals surface area contributed by atoms with Crippen molar-refractivity contribution in [3.05, 3.63) is 50.0 Å². The lowest BCUT2D eigenvalue weighted by Crippen LogP contribution is -2.14. The molecule has 2 aromatic rings. The highest BCUT2D eigenvalue weighted by Crippen LogP contribution is 2.25. The minimum absolute atomic E-state index is 0.236. The van der Waals surface area contributed by atoms with Crippen molar-refractivity contribution in [2.24, 2.45) is 5.73 Å². The van der Waals surface area contributed by atoms with Crippen molar-refractivity contribution in [1.29, 1.82) is 0 Å². The van der Waals surface area contributed by atoms with E-state index in [1.807, 2.05) is 22.6 Å². The van der Waals surface area contributed by atoms with Crippen LogP contribution in [0.5, 0.6) is 0 Å². The number of carbonyl (C=O) groups excluding carboxylic acids is 1. The van der Waals surface area contributed by atoms with E-state index >= 15 is 0 Å². The lowest BCUT2D eigenvalue weighted by atomic mass is 10.2. The van der Waals surface area contributed by atoms with E-state index in [-0.39, 0.29) is 11.3 Å². The largest absolute Gasteiger partial charge is 0.366 e. The van der Waals surface area contributed by atoms with Crippen LogP contribution in [0.4, 0.5) is 15.8 Å². The number of hydrogen-bond acceptors (Lipinski definition) is 3. The molecule has 0 aliphatic carbocycles. The first-order chi connectivity index (χ1) is 8.97. The van der Waals surface area contributed by atoms with Crippen LogP contribution in [0.15, 0.2) is 35.1 Å². The van der Waals surface area contributed by atoms with E-state index in [0.717, 1.165) is 3.57 Å². The molecule has 0 bridgehead atoms. The molecule has 4 nitrogen and oxygen atoms in total. The zero-order valence-electron chi connectivity index (χ0n) is 9.45. The second-order valence-electron chi connectivity index (χ2n) is 3.67. The number of hydrogen-bond donors (Lipinski definition) is 2. The van der Waals surface area contributed by atoms with Crippen LogP contribution in [0.1, 0.15) is 10.4 Å². The summed E-state index contributed by atoms with van der Waals surface area (Å²) in [5.41, 5.74) is 6.13. The van der Waals surface area contributed by atoms with Crippen molar-refractivity contribution in [3.63, 3.8) is 0 Å². The average molecular weight is 436 g/mol. The van der Waals surface area contributed by atoms with E-state index in [0.29, 0.717) is 10.3 Å². The van der Waals surface area contributed by atoms with Gasteiger partial charge in [0, 0.05) is 3.57 Å². The Bertz CT molecular complexity index is 651. The van der Waals surface area contributed by atoms with Crippen molar-refractivity contribution in [3.8, 4) is 0 Å². The van der Waals surface area contributed by atoms with E-state index in [1.165, 1.54) is 18.3 Å². The molecule has 1 amide bonds. The van der Waals surface area contributed by atoms with Crippen molar-refractivity contribution in [2.45, 2.75) is 0 Å². The van der Waals surface area contributed by atoms with Gasteiger partial charge in [0.25, 0.3) is 5.91 Å². The second-order valence-corrected chi connectivity index (χ2v) is 5.72. The van der Waals surface area contributed by atoms with Gasteiger partial charge in [0.2, 0.25) is 0 Å². The highest BCUT2D eigenvalue weighted by atomic mass is 127. The van der Waals surface area contributed by atoms with E-state index in [2.05, 4.69) is 26.2 Å². The van der Waals surface area contributed by atoms with Crippen LogP contribution in [-0.4, -0.2) is 10.9 Å². The number of nitrogens with one attached hydrogen (secondary N) is 1. The third-order valence-electron chi connectivity index (χ3n) is 2.34. The Balaban J connectivity index is 2.40. The first kappa shape index (κ1) is 14.2. The maximum atomic E-state index is 13.7. The predicted molar refractivity (Wildman–Crippen MR) is 82.9 cm³/mol. The SMILES string of the molecule is NC(=O)c1cc(Br)ncc1Nc1ccc(I)cc1F. The second kappa shape index (κ2) is 5.83. The fraction of sp³-hybridized carbons (Fsp3) is 0. The summed E-state index contributed by atoms with van der Waals surface area (Å²) in [6, 6.07) is 6.21. The molecule has 1 aromatic carbocycles. The first-order valence-electron chi connectivity index (χ1n) is 5.15. The standard InChI is InChI=1S/C12H8BrFIN3O/c13-11-4-7(12(16)19)10(5-17-11)18-9-2-1-6(15)3-8(9)14/h1-5,18H,(H2,16,19). The smallest absolute Gasteiger partial charge is 0.250 e. The fourth-order valence-electron chi connectivity index (χ4n) is 1.47. The van der Waals surface area contributed by atoms with Gasteiger partial charge in [-0.3, -0.25) is 4.79 Å². The number of benzene rings is 1. The molecule has 0 unspecified atom stereocenters. The molecule has 0 aliphatic rings. The molecular weight excluding hydrogens is 428 g/mol. The van der Waals surface area contributed by atoms with Crippen LogP contribution in [0.25, 0.3) is 0 Å². The number of carbonyl (C=O) groups is 1. The van der Waals surface area contributed by atoms with Crippen molar-refractivity contribution in [1.82, 2.24) is 4.98 Å². The summed E-state index contributed by atoms with van der Waals surface area (Å²) in [7, 11) is 0. The third kappa shape index (κ3) is 3.41. The molecule has 19 heavy (non-hydrogen) atoms. The van der Waals surface area contributed by atoms with Gasteiger partial charge in [-0.15, -0.1) is 0 Å². The van der Waals surface area contributed by atoms with Gasteiger partial charge in [-0.05, 0) is 62.8 Å². The Hall–Kier alpha value is -1.22. The van der Waals surface area contributed by atoms with Gasteiger partial charge >= 0.3 is 0 Å². The molecule has 0 atom stereocenters. The summed E-state index contributed by atoms with van der Waals surface area (Å²) in [5.74, 6) is -1.03. The Kier molecular flexibility index (Phi) is 4.35. The number of rotatable bonds is 3. The summed E-state index contributed by atoms with van der Waals surface area (Å²) < 4.78 is 15.0. The predicted octanol–water partition coefficient (Wildman–Crippen LogP) is 3.43. The molecule has 98 valence electrons. The van der Waals surface area contributed by atoms with Crippen LogP contribution in [0, 0.1) is 9.39 Å². The summed E-state index contributed by atoms with van der Waals surface area (Å²) in [4.78, 5) is 15.3. The molecule has 1 heterocycles. The lowest BCUT2D eigenvalue weighted by molar-refractivity contribution is 0.100. The summed E-state index contributed by atoms with van der Waals surface area (Å²) in [6.45, 7) is 0. The number of nitrogens with two attached hydrogens (primary N) is 1. The van der Waals surface area contributed by atoms with Gasteiger partial charge in [0.05, 0.1) is 23.1 Å². The third-order valence-corrected chi connectivity index (χ3v) is 3.44. The van der Waals surface area contributed by atoms with Gasteiger partial charge in [-0.25, -0.2) is 9.37 Å². The van der Waals surface area contributed by atoms with E-state index in [1.54, 1.807) is 12.1 Å². The number of halogens is 3. The highest BCUT2D eigenvalue weighted by molar-refractivity contribution is 14.1. The first-order valence-corrected chi connectivity index (χ1v) is 7.02. The molecule has 1 aromatic heterocycles. The van der Waals surface area contributed by atoms with Crippen molar-refractivity contribution < 1.29 is 9.18 Å². The number of pyridine rings is 1. The number of amides is 1. The Labute approximate surface area is 130 Å². The Morgan fingerprint density at radius 1 is 1.37 bits per heavy atom. The van der Waals surface area contributed by atoms with E-state index in [4.69, 9.17) is 5.73 Å². The summed E-state index contributed by atoms with van der Waals surface area (Å²) in [5, 5.41) is 2.81. The highest BCUT2D eigenvalue weighted by Gasteiger charge is 2.11. The van der Waals surface area contributed by atoms with Crippen LogP contribution >= 0.6 is 38.5 Å². The number of nitrogens with zero attached hydrogens (tertiary/aromatic N) is 1. The van der Waals surface area contributed by atoms with Crippen LogP contribution < -0.4 is 11.1 Å². The van der Waals surface area contributed by atoms with Crippen LogP contribution in [0.2, 0.25) is 0 Å². The zero-order chi connectivity index (χ0) is 14.0. The quantitative estimate of drug-likeness (QED) is 0.573. The fourth-order valence-corrected chi connectivity index (χ4v) is 2.25. The Morgan fingerprint density at radius 2 is 2.11 bits per heavy atom. The normalized spacial score (nSPS) is 10.3. The summed E-state index contributed by atoms with van der Waals surface area (Å²) in [6.07, 6.45) is 1.42. The van der Waals surface area contributed by atoms with Gasteiger partial charge in [0.15, 0.2) is 0 Å². The monoisotopic (exact) mass is 435 g/mol. The molecule has 0 aliphatic heterocycles. The van der Waals surface area contributed by atoms with Gasteiger partial charge < -0.3 is 11.1 Å². The topological polar surface area (TPSA) is 68.0 Å². The molecule has 7 heteroatoms. The number of aromatic nitrogens is 1. The number of anilines is 2. The van der Waals surface area contributed by atoms with Crippen LogP contribution in [0.3, 0.4) is 0 Å². The minimum Gasteiger partial charge on any atom is -0.366 e. The summed E-state index contributed by atoms with van der Waals surface area (Å²) >= 11 is 5.17. The Morgan fingerprint density at radius 3 is 2.74 bits per heavy atom. The molecule has 2 rings (SSSR count). The van der Waals surface area contributed by atoms with Gasteiger partial charge in [-0.2, -0.15) is 0 Å². The van der Waals surface area contributed by atoms with Crippen molar-refractivity contribution >= 4 is 55.8 Å². The maximum Gasteiger partial charge on any atom is 0.250 e. The molecule has 0 radical (unpaired) electrons. The molecule has 0 spiro atoms. The van der Waals surface area contributed by atoms with Gasteiger partial charge in [-0.1, -0.05) is 0 Å². The van der Waals surface area contributed by atoms with Crippen LogP contribution in [-0.2, 0) is 0 Å². The lowest BCUT2D eigenvalue weighted by Gasteiger charge is -2.11. The molecule has 0 fully saturated rings. The maximum absolute atomic E-state index is 13.7. The molecular formula is C12H8BrFIN3O. The zero-order valence-corrected chi connectivity index (χ0v) is 13.2. The van der Waals surface area contributed by atoms with E-state index < -0.39 is 11.7 Å². The minimum atomic E-state index is -0.614. The molecule has 0 saturated carbocycles. The molecule has 3 N–H and O–H groups in total. The molecule has 0 saturated heterocycles.